The summed E-state index contributed by atoms with van der Waals surface area (Å²) < 4.78 is 18.1. The van der Waals surface area contributed by atoms with Gasteiger partial charge in [-0.2, -0.15) is 0 Å². The number of nitrogens with one attached hydrogen (secondary N) is 1. The Morgan fingerprint density at radius 3 is 2.59 bits per heavy atom. The highest BCUT2D eigenvalue weighted by Crippen LogP contribution is 2.28. The third-order valence-electron chi connectivity index (χ3n) is 4.49. The number of hydrogen-bond donors (Lipinski definition) is 1. The fraction of sp³-hybridized carbons (Fsp3) is 0.333. The van der Waals surface area contributed by atoms with Crippen LogP contribution in [-0.4, -0.2) is 46.4 Å². The summed E-state index contributed by atoms with van der Waals surface area (Å²) in [6.45, 7) is 3.04. The first-order valence-electron chi connectivity index (χ1n) is 8.27. The molecule has 3 rings (SSSR count). The first-order chi connectivity index (χ1) is 12.7. The molecule has 1 aromatic carbocycles. The molecule has 2 aromatic rings. The Hall–Kier alpha value is -3.23. The van der Waals surface area contributed by atoms with Gasteiger partial charge in [0.05, 0.1) is 6.54 Å². The van der Waals surface area contributed by atoms with E-state index in [-0.39, 0.29) is 6.54 Å². The molecule has 8 nitrogen and oxygen atoms in total. The minimum atomic E-state index is -1.35. The van der Waals surface area contributed by atoms with Crippen molar-refractivity contribution in [3.05, 3.63) is 53.2 Å². The van der Waals surface area contributed by atoms with E-state index in [1.165, 1.54) is 36.1 Å². The summed E-state index contributed by atoms with van der Waals surface area (Å²) in [7, 11) is 1.55. The molecular formula is C18H19FN4O4. The number of aryl methyl sites for hydroxylation is 1. The topological polar surface area (TPSA) is 95.8 Å². The zero-order valence-corrected chi connectivity index (χ0v) is 15.2. The van der Waals surface area contributed by atoms with Crippen LogP contribution in [0.5, 0.6) is 0 Å². The fourth-order valence-electron chi connectivity index (χ4n) is 2.90. The third kappa shape index (κ3) is 3.53. The number of carbonyl (C=O) groups excluding carboxylic acids is 3. The van der Waals surface area contributed by atoms with Gasteiger partial charge < -0.3 is 14.7 Å². The number of amides is 4. The van der Waals surface area contributed by atoms with Gasteiger partial charge >= 0.3 is 6.03 Å². The van der Waals surface area contributed by atoms with Gasteiger partial charge in [0.1, 0.15) is 29.4 Å². The highest BCUT2D eigenvalue weighted by atomic mass is 19.1. The van der Waals surface area contributed by atoms with E-state index in [4.69, 9.17) is 4.52 Å². The number of imide groups is 1. The average molecular weight is 374 g/mol. The molecule has 1 atom stereocenters. The maximum absolute atomic E-state index is 13.1. The zero-order valence-electron chi connectivity index (χ0n) is 15.2. The Balaban J connectivity index is 1.71. The molecule has 1 unspecified atom stereocenters. The van der Waals surface area contributed by atoms with Crippen LogP contribution in [0.15, 0.2) is 34.9 Å². The standard InChI is InChI=1S/C18H19FN4O4/c1-11-8-14(21-27-11)9-22(3)15(24)10-23-16(25)18(2,20-17(23)26)12-4-6-13(19)7-5-12/h4-8H,9-10H2,1-3H3,(H,20,26). The minimum absolute atomic E-state index is 0.190. The lowest BCUT2D eigenvalue weighted by Crippen LogP contribution is -2.43. The van der Waals surface area contributed by atoms with Gasteiger partial charge in [0.25, 0.3) is 5.91 Å². The number of aromatic nitrogens is 1. The van der Waals surface area contributed by atoms with Crippen LogP contribution in [0, 0.1) is 12.7 Å². The second-order valence-electron chi connectivity index (χ2n) is 6.63. The summed E-state index contributed by atoms with van der Waals surface area (Å²) in [4.78, 5) is 39.7. The molecule has 27 heavy (non-hydrogen) atoms. The average Bonchev–Trinajstić information content (AvgIpc) is 3.12. The molecule has 0 radical (unpaired) electrons. The van der Waals surface area contributed by atoms with E-state index < -0.39 is 35.7 Å². The summed E-state index contributed by atoms with van der Waals surface area (Å²) in [5.74, 6) is -0.827. The molecule has 2 heterocycles. The first-order valence-corrected chi connectivity index (χ1v) is 8.27. The van der Waals surface area contributed by atoms with Gasteiger partial charge in [-0.3, -0.25) is 14.5 Å². The minimum Gasteiger partial charge on any atom is -0.361 e. The highest BCUT2D eigenvalue weighted by molar-refractivity contribution is 6.09. The van der Waals surface area contributed by atoms with Gasteiger partial charge in [-0.1, -0.05) is 17.3 Å². The van der Waals surface area contributed by atoms with Crippen molar-refractivity contribution in [3.63, 3.8) is 0 Å². The zero-order chi connectivity index (χ0) is 19.8. The van der Waals surface area contributed by atoms with E-state index in [1.54, 1.807) is 20.0 Å². The van der Waals surface area contributed by atoms with Crippen molar-refractivity contribution in [2.24, 2.45) is 0 Å². The lowest BCUT2D eigenvalue weighted by atomic mass is 9.92. The van der Waals surface area contributed by atoms with Crippen LogP contribution in [-0.2, 0) is 21.7 Å². The molecule has 1 aromatic heterocycles. The number of likely N-dealkylation sites (N-methyl/N-ethyl adjacent to an activating group) is 1. The van der Waals surface area contributed by atoms with Gasteiger partial charge in [-0.15, -0.1) is 0 Å². The Labute approximate surface area is 154 Å². The number of halogens is 1. The maximum atomic E-state index is 13.1. The molecule has 4 amide bonds. The molecule has 0 bridgehead atoms. The molecule has 1 N–H and O–H groups in total. The van der Waals surface area contributed by atoms with Crippen molar-refractivity contribution >= 4 is 17.8 Å². The summed E-state index contributed by atoms with van der Waals surface area (Å²) in [6.07, 6.45) is 0. The van der Waals surface area contributed by atoms with E-state index in [0.717, 1.165) is 4.90 Å². The Morgan fingerprint density at radius 2 is 2.00 bits per heavy atom. The Kier molecular flexibility index (Phi) is 4.69. The van der Waals surface area contributed by atoms with E-state index in [1.807, 2.05) is 0 Å². The molecule has 0 spiro atoms. The van der Waals surface area contributed by atoms with Gasteiger partial charge in [0, 0.05) is 13.1 Å². The largest absolute Gasteiger partial charge is 0.361 e. The van der Waals surface area contributed by atoms with E-state index in [2.05, 4.69) is 10.5 Å². The van der Waals surface area contributed by atoms with Crippen LogP contribution in [0.2, 0.25) is 0 Å². The van der Waals surface area contributed by atoms with E-state index >= 15 is 0 Å². The third-order valence-corrected chi connectivity index (χ3v) is 4.49. The van der Waals surface area contributed by atoms with Gasteiger partial charge in [-0.05, 0) is 31.5 Å². The molecule has 1 aliphatic rings. The van der Waals surface area contributed by atoms with Crippen LogP contribution in [0.25, 0.3) is 0 Å². The maximum Gasteiger partial charge on any atom is 0.325 e. The van der Waals surface area contributed by atoms with Crippen LogP contribution < -0.4 is 5.32 Å². The summed E-state index contributed by atoms with van der Waals surface area (Å²) in [5.41, 5.74) is -0.354. The Bertz CT molecular complexity index is 895. The fourth-order valence-corrected chi connectivity index (χ4v) is 2.90. The molecule has 9 heteroatoms. The lowest BCUT2D eigenvalue weighted by Gasteiger charge is -2.23. The second-order valence-corrected chi connectivity index (χ2v) is 6.63. The molecular weight excluding hydrogens is 355 g/mol. The molecule has 1 aliphatic heterocycles. The van der Waals surface area contributed by atoms with Crippen LogP contribution in [0.4, 0.5) is 9.18 Å². The summed E-state index contributed by atoms with van der Waals surface area (Å²) in [5, 5.41) is 6.39. The van der Waals surface area contributed by atoms with Crippen LogP contribution in [0.3, 0.4) is 0 Å². The van der Waals surface area contributed by atoms with Crippen molar-refractivity contribution in [1.29, 1.82) is 0 Å². The molecule has 0 saturated carbocycles. The smallest absolute Gasteiger partial charge is 0.325 e. The van der Waals surface area contributed by atoms with Gasteiger partial charge in [-0.25, -0.2) is 9.18 Å². The van der Waals surface area contributed by atoms with E-state index in [0.29, 0.717) is 17.0 Å². The van der Waals surface area contributed by atoms with Crippen molar-refractivity contribution in [2.45, 2.75) is 25.9 Å². The predicted octanol–water partition coefficient (Wildman–Crippen LogP) is 1.55. The summed E-state index contributed by atoms with van der Waals surface area (Å²) in [6, 6.07) is 6.30. The molecule has 1 saturated heterocycles. The lowest BCUT2D eigenvalue weighted by molar-refractivity contribution is -0.138. The van der Waals surface area contributed by atoms with Crippen molar-refractivity contribution in [1.82, 2.24) is 20.3 Å². The van der Waals surface area contributed by atoms with E-state index in [9.17, 15) is 18.8 Å². The van der Waals surface area contributed by atoms with Gasteiger partial charge in [0.15, 0.2) is 0 Å². The van der Waals surface area contributed by atoms with Crippen LogP contribution >= 0.6 is 0 Å². The number of urea groups is 1. The molecule has 142 valence electrons. The number of benzene rings is 1. The van der Waals surface area contributed by atoms with Gasteiger partial charge in [0.2, 0.25) is 5.91 Å². The van der Waals surface area contributed by atoms with Crippen molar-refractivity contribution in [3.8, 4) is 0 Å². The normalized spacial score (nSPS) is 19.3. The first kappa shape index (κ1) is 18.6. The molecule has 0 aliphatic carbocycles. The predicted molar refractivity (Wildman–Crippen MR) is 91.7 cm³/mol. The number of rotatable bonds is 5. The summed E-state index contributed by atoms with van der Waals surface area (Å²) >= 11 is 0. The number of carbonyl (C=O) groups is 3. The van der Waals surface area contributed by atoms with Crippen molar-refractivity contribution < 1.29 is 23.3 Å². The number of nitrogens with zero attached hydrogens (tertiary/aromatic N) is 3. The van der Waals surface area contributed by atoms with Crippen molar-refractivity contribution in [2.75, 3.05) is 13.6 Å². The second kappa shape index (κ2) is 6.82. The highest BCUT2D eigenvalue weighted by Gasteiger charge is 2.49. The Morgan fingerprint density at radius 1 is 1.33 bits per heavy atom. The monoisotopic (exact) mass is 374 g/mol. The molecule has 1 fully saturated rings. The van der Waals surface area contributed by atoms with Crippen LogP contribution in [0.1, 0.15) is 23.9 Å². The number of hydrogen-bond acceptors (Lipinski definition) is 5. The SMILES string of the molecule is Cc1cc(CN(C)C(=O)CN2C(=O)NC(C)(c3ccc(F)cc3)C2=O)no1. The quantitative estimate of drug-likeness (QED) is 0.801.